The van der Waals surface area contributed by atoms with Crippen LogP contribution in [0.25, 0.3) is 22.0 Å². The molecule has 0 spiro atoms. The van der Waals surface area contributed by atoms with Crippen LogP contribution in [0.2, 0.25) is 0 Å². The highest BCUT2D eigenvalue weighted by molar-refractivity contribution is 7.90. The maximum atomic E-state index is 15.4. The third-order valence-corrected chi connectivity index (χ3v) is 9.62. The number of aromatic nitrogens is 1. The van der Waals surface area contributed by atoms with Crippen molar-refractivity contribution in [3.05, 3.63) is 53.2 Å². The van der Waals surface area contributed by atoms with Gasteiger partial charge >= 0.3 is 0 Å². The summed E-state index contributed by atoms with van der Waals surface area (Å²) in [4.78, 5) is 12.2. The zero-order chi connectivity index (χ0) is 26.7. The van der Waals surface area contributed by atoms with Gasteiger partial charge in [0, 0.05) is 23.2 Å². The first-order valence-electron chi connectivity index (χ1n) is 12.5. The molecule has 0 unspecified atom stereocenters. The number of benzene rings is 2. The first-order chi connectivity index (χ1) is 17.4. The second kappa shape index (κ2) is 9.09. The second-order valence-corrected chi connectivity index (χ2v) is 13.0. The number of amides is 1. The van der Waals surface area contributed by atoms with E-state index >= 15 is 4.39 Å². The van der Waals surface area contributed by atoms with Crippen molar-refractivity contribution in [2.45, 2.75) is 52.1 Å². The van der Waals surface area contributed by atoms with Crippen molar-refractivity contribution in [2.24, 2.45) is 17.1 Å². The van der Waals surface area contributed by atoms with Crippen LogP contribution in [0.15, 0.2) is 30.3 Å². The van der Waals surface area contributed by atoms with Crippen molar-refractivity contribution in [1.82, 2.24) is 3.97 Å². The number of primary amides is 1. The summed E-state index contributed by atoms with van der Waals surface area (Å²) in [6.07, 6.45) is 3.05. The number of nitrogens with one attached hydrogen (secondary N) is 1. The van der Waals surface area contributed by atoms with Crippen LogP contribution < -0.4 is 11.1 Å². The van der Waals surface area contributed by atoms with Crippen molar-refractivity contribution >= 4 is 32.5 Å². The molecule has 1 aliphatic heterocycles. The number of hydrogen-bond acceptors (Lipinski definition) is 5. The quantitative estimate of drug-likeness (QED) is 0.451. The number of halogens is 2. The van der Waals surface area contributed by atoms with Crippen LogP contribution in [0.1, 0.15) is 55.6 Å². The average Bonchev–Trinajstić information content (AvgIpc) is 3.10. The molecule has 37 heavy (non-hydrogen) atoms. The third kappa shape index (κ3) is 4.72. The van der Waals surface area contributed by atoms with Crippen LogP contribution in [0.3, 0.4) is 0 Å². The van der Waals surface area contributed by atoms with Crippen molar-refractivity contribution < 1.29 is 27.1 Å². The summed E-state index contributed by atoms with van der Waals surface area (Å²) >= 11 is 0. The molecule has 2 aliphatic rings. The van der Waals surface area contributed by atoms with Gasteiger partial charge in [-0.3, -0.25) is 4.79 Å². The molecular formula is C27H31F2N3O4S. The number of nitrogens with two attached hydrogens (primary N) is 1. The summed E-state index contributed by atoms with van der Waals surface area (Å²) in [6.45, 7) is 4.17. The number of hydrogen-bond donors (Lipinski definition) is 3. The van der Waals surface area contributed by atoms with Gasteiger partial charge in [0.05, 0.1) is 28.6 Å². The fraction of sp³-hybridized carbons (Fsp3) is 0.444. The molecule has 2 heterocycles. The van der Waals surface area contributed by atoms with Crippen LogP contribution in [0.4, 0.5) is 14.5 Å². The van der Waals surface area contributed by atoms with Gasteiger partial charge in [-0.25, -0.2) is 21.2 Å². The molecule has 5 rings (SSSR count). The molecule has 0 bridgehead atoms. The average molecular weight is 532 g/mol. The van der Waals surface area contributed by atoms with E-state index < -0.39 is 33.0 Å². The summed E-state index contributed by atoms with van der Waals surface area (Å²) in [5.74, 6) is -2.17. The van der Waals surface area contributed by atoms with Crippen molar-refractivity contribution in [3.63, 3.8) is 0 Å². The minimum absolute atomic E-state index is 0.107. The Morgan fingerprint density at radius 2 is 1.86 bits per heavy atom. The Kier molecular flexibility index (Phi) is 6.31. The van der Waals surface area contributed by atoms with Gasteiger partial charge < -0.3 is 16.2 Å². The van der Waals surface area contributed by atoms with Gasteiger partial charge in [-0.1, -0.05) is 13.8 Å². The highest BCUT2D eigenvalue weighted by Gasteiger charge is 2.39. The third-order valence-electron chi connectivity index (χ3n) is 7.50. The molecule has 1 saturated carbocycles. The zero-order valence-corrected chi connectivity index (χ0v) is 21.7. The fourth-order valence-electron chi connectivity index (χ4n) is 5.89. The Balaban J connectivity index is 1.68. The molecule has 1 aromatic heterocycles. The number of fused-ring (bicyclic) bond motifs is 3. The second-order valence-electron chi connectivity index (χ2n) is 11.1. The molecule has 0 atom stereocenters. The van der Waals surface area contributed by atoms with Crippen molar-refractivity contribution in [3.8, 4) is 11.1 Å². The molecular weight excluding hydrogens is 500 g/mol. The molecule has 1 fully saturated rings. The molecule has 198 valence electrons. The van der Waals surface area contributed by atoms with Gasteiger partial charge in [0.1, 0.15) is 11.6 Å². The van der Waals surface area contributed by atoms with Gasteiger partial charge in [0.15, 0.2) is 0 Å². The van der Waals surface area contributed by atoms with E-state index in [1.165, 1.54) is 28.2 Å². The topological polar surface area (TPSA) is 114 Å². The fourth-order valence-corrected chi connectivity index (χ4v) is 8.05. The number of carbonyl (C=O) groups excluding carboxylic acids is 1. The number of nitrogens with zero attached hydrogens (tertiary/aromatic N) is 1. The monoisotopic (exact) mass is 531 g/mol. The van der Waals surface area contributed by atoms with Crippen LogP contribution in [-0.4, -0.2) is 41.8 Å². The van der Waals surface area contributed by atoms with E-state index in [0.717, 1.165) is 12.8 Å². The largest absolute Gasteiger partial charge is 0.393 e. The van der Waals surface area contributed by atoms with Crippen LogP contribution in [0.5, 0.6) is 0 Å². The van der Waals surface area contributed by atoms with Crippen molar-refractivity contribution in [2.75, 3.05) is 17.6 Å². The number of anilines is 1. The van der Waals surface area contributed by atoms with E-state index in [2.05, 4.69) is 5.32 Å². The first-order valence-corrected chi connectivity index (χ1v) is 14.1. The van der Waals surface area contributed by atoms with Crippen molar-refractivity contribution in [1.29, 1.82) is 0 Å². The lowest BCUT2D eigenvalue weighted by Crippen LogP contribution is -2.36. The maximum Gasteiger partial charge on any atom is 0.253 e. The predicted molar refractivity (Wildman–Crippen MR) is 139 cm³/mol. The highest BCUT2D eigenvalue weighted by Crippen LogP contribution is 2.44. The summed E-state index contributed by atoms with van der Waals surface area (Å²) in [6, 6.07) is 6.75. The molecule has 3 aromatic rings. The molecule has 10 heteroatoms. The van der Waals surface area contributed by atoms with E-state index in [1.54, 1.807) is 6.07 Å². The molecule has 0 saturated heterocycles. The van der Waals surface area contributed by atoms with E-state index in [0.29, 0.717) is 48.0 Å². The summed E-state index contributed by atoms with van der Waals surface area (Å²) < 4.78 is 57.5. The molecule has 4 N–H and O–H groups in total. The minimum atomic E-state index is -3.81. The Morgan fingerprint density at radius 3 is 2.54 bits per heavy atom. The van der Waals surface area contributed by atoms with E-state index in [-0.39, 0.29) is 34.5 Å². The molecule has 1 aliphatic carbocycles. The minimum Gasteiger partial charge on any atom is -0.393 e. The predicted octanol–water partition coefficient (Wildman–Crippen LogP) is 4.41. The van der Waals surface area contributed by atoms with Gasteiger partial charge in [0.25, 0.3) is 5.91 Å². The van der Waals surface area contributed by atoms with E-state index in [9.17, 15) is 22.7 Å². The van der Waals surface area contributed by atoms with Gasteiger partial charge in [0.2, 0.25) is 10.0 Å². The number of aliphatic hydroxyl groups is 1. The zero-order valence-electron chi connectivity index (χ0n) is 20.9. The SMILES string of the molecule is CC1(C)Cc2c(-c3cc(F)c(C(N)=O)c(NCC4CCC(O)CC4)c3)c3ccc(F)cc3n2S(=O)(=O)C1. The van der Waals surface area contributed by atoms with Gasteiger partial charge in [-0.05, 0) is 79.3 Å². The Hall–Kier alpha value is -2.98. The Morgan fingerprint density at radius 1 is 1.16 bits per heavy atom. The smallest absolute Gasteiger partial charge is 0.253 e. The molecule has 0 radical (unpaired) electrons. The van der Waals surface area contributed by atoms with Gasteiger partial charge in [-0.2, -0.15) is 0 Å². The number of rotatable bonds is 5. The van der Waals surface area contributed by atoms with Crippen LogP contribution in [-0.2, 0) is 16.4 Å². The van der Waals surface area contributed by atoms with Gasteiger partial charge in [-0.15, -0.1) is 0 Å². The molecule has 2 aromatic carbocycles. The summed E-state index contributed by atoms with van der Waals surface area (Å²) in [5, 5.41) is 13.4. The molecule has 1 amide bonds. The lowest BCUT2D eigenvalue weighted by atomic mass is 9.86. The number of aliphatic hydroxyl groups excluding tert-OH is 1. The summed E-state index contributed by atoms with van der Waals surface area (Å²) in [7, 11) is -3.81. The maximum absolute atomic E-state index is 15.4. The lowest BCUT2D eigenvalue weighted by molar-refractivity contribution is 0.0997. The Bertz CT molecular complexity index is 1510. The normalized spacial score (nSPS) is 22.5. The lowest BCUT2D eigenvalue weighted by Gasteiger charge is -2.31. The Labute approximate surface area is 214 Å². The standard InChI is InChI=1S/C27H31F2N3O4S/c1-27(2)12-23-24(19-8-5-17(28)11-22(19)32(23)37(35,36)14-27)16-9-20(29)25(26(30)34)21(10-16)31-13-15-3-6-18(33)7-4-15/h5,8-11,15,18,31,33H,3-4,6-7,12-14H2,1-2H3,(H2,30,34). The first kappa shape index (κ1) is 25.7. The van der Waals surface area contributed by atoms with E-state index in [4.69, 9.17) is 5.73 Å². The van der Waals surface area contributed by atoms with Crippen LogP contribution in [0, 0.1) is 23.0 Å². The number of carbonyl (C=O) groups is 1. The van der Waals surface area contributed by atoms with E-state index in [1.807, 2.05) is 13.8 Å². The highest BCUT2D eigenvalue weighted by atomic mass is 32.2. The summed E-state index contributed by atoms with van der Waals surface area (Å²) in [5.41, 5.74) is 6.42. The molecule has 7 nitrogen and oxygen atoms in total. The van der Waals surface area contributed by atoms with Crippen LogP contribution >= 0.6 is 0 Å².